The van der Waals surface area contributed by atoms with Gasteiger partial charge < -0.3 is 19.5 Å². The first kappa shape index (κ1) is 36.8. The Bertz CT molecular complexity index is 1950. The average molecular weight is 803 g/mol. The second-order valence-corrected chi connectivity index (χ2v) is 12.6. The monoisotopic (exact) mass is 803 g/mol. The molecule has 0 spiro atoms. The van der Waals surface area contributed by atoms with E-state index in [4.69, 9.17) is 4.42 Å². The van der Waals surface area contributed by atoms with Crippen LogP contribution in [0.5, 0.6) is 0 Å². The van der Waals surface area contributed by atoms with Crippen molar-refractivity contribution in [2.75, 3.05) is 0 Å². The summed E-state index contributed by atoms with van der Waals surface area (Å²) >= 11 is 0. The van der Waals surface area contributed by atoms with Gasteiger partial charge in [-0.05, 0) is 41.0 Å². The molecule has 0 bridgehead atoms. The number of carbonyl (C=O) groups excluding carboxylic acids is 1. The Morgan fingerprint density at radius 1 is 0.723 bits per heavy atom. The first-order chi connectivity index (χ1) is 21.9. The maximum Gasteiger partial charge on any atom is 0.182 e. The average Bonchev–Trinajstić information content (AvgIpc) is 3.06. The van der Waals surface area contributed by atoms with Crippen LogP contribution in [0, 0.1) is 23.0 Å². The van der Waals surface area contributed by atoms with Gasteiger partial charge in [-0.25, -0.2) is 0 Å². The van der Waals surface area contributed by atoms with Gasteiger partial charge in [-0.3, -0.25) is 9.59 Å². The fourth-order valence-electron chi connectivity index (χ4n) is 4.10. The molecule has 7 heteroatoms. The fourth-order valence-corrected chi connectivity index (χ4v) is 4.10. The summed E-state index contributed by atoms with van der Waals surface area (Å²) in [4.78, 5) is 32.6. The fraction of sp³-hybridized carbons (Fsp3) is 0.200. The van der Waals surface area contributed by atoms with E-state index in [0.29, 0.717) is 27.5 Å². The van der Waals surface area contributed by atoms with Crippen LogP contribution in [0.15, 0.2) is 131 Å². The molecule has 0 saturated heterocycles. The summed E-state index contributed by atoms with van der Waals surface area (Å²) in [6, 6.07) is 36.3. The van der Waals surface area contributed by atoms with Gasteiger partial charge in [0, 0.05) is 49.4 Å². The molecule has 1 radical (unpaired) electrons. The second-order valence-electron chi connectivity index (χ2n) is 12.6. The molecule has 6 aromatic rings. The van der Waals surface area contributed by atoms with Gasteiger partial charge in [-0.1, -0.05) is 83.5 Å². The number of aromatic nitrogens is 2. The number of pyridine rings is 2. The Hall–Kier alpha value is -4.71. The largest absolute Gasteiger partial charge is 0.512 e. The standard InChI is InChI=1S/C18H10NO2.C11H8N.C11H20O2.Ir/c20-17-13-6-1-2-10-16(13)21-18-12(7-5-8-14(17)18)15-9-3-4-11-19-15;1-2-6-10(7-3-1)11-8-4-5-9-12-11;1-10(2,3)8(12)7-9(13)11(4,5)6;/h1-6,8-11H;1-6,8-9H;7,12H,1-6H3;/q2*-1;;/b;;8-7-;. The molecule has 3 aromatic heterocycles. The summed E-state index contributed by atoms with van der Waals surface area (Å²) in [5, 5.41) is 10.7. The predicted octanol–water partition coefficient (Wildman–Crippen LogP) is 9.44. The van der Waals surface area contributed by atoms with E-state index in [2.05, 4.69) is 22.1 Å². The van der Waals surface area contributed by atoms with Gasteiger partial charge in [0.1, 0.15) is 11.3 Å². The quantitative estimate of drug-likeness (QED) is 0.0830. The van der Waals surface area contributed by atoms with Crippen molar-refractivity contribution < 1.29 is 34.4 Å². The molecule has 3 aromatic carbocycles. The van der Waals surface area contributed by atoms with Gasteiger partial charge in [0.25, 0.3) is 0 Å². The first-order valence-electron chi connectivity index (χ1n) is 15.0. The van der Waals surface area contributed by atoms with E-state index in [9.17, 15) is 14.7 Å². The zero-order valence-electron chi connectivity index (χ0n) is 27.4. The number of hydrogen-bond acceptors (Lipinski definition) is 6. The Labute approximate surface area is 289 Å². The van der Waals surface area contributed by atoms with Crippen molar-refractivity contribution >= 4 is 27.7 Å². The second kappa shape index (κ2) is 16.2. The van der Waals surface area contributed by atoms with Crippen LogP contribution < -0.4 is 5.43 Å². The molecule has 243 valence electrons. The summed E-state index contributed by atoms with van der Waals surface area (Å²) in [6.45, 7) is 11.1. The summed E-state index contributed by atoms with van der Waals surface area (Å²) in [7, 11) is 0. The molecule has 1 N–H and O–H groups in total. The minimum atomic E-state index is -0.417. The van der Waals surface area contributed by atoms with Crippen LogP contribution in [0.1, 0.15) is 41.5 Å². The summed E-state index contributed by atoms with van der Waals surface area (Å²) in [6.07, 6.45) is 4.83. The smallest absolute Gasteiger partial charge is 0.182 e. The van der Waals surface area contributed by atoms with Gasteiger partial charge in [0.2, 0.25) is 0 Å². The van der Waals surface area contributed by atoms with E-state index < -0.39 is 5.41 Å². The van der Waals surface area contributed by atoms with Crippen LogP contribution in [0.2, 0.25) is 0 Å². The van der Waals surface area contributed by atoms with Crippen LogP contribution in [0.3, 0.4) is 0 Å². The number of carbonyl (C=O) groups is 1. The van der Waals surface area contributed by atoms with Crippen molar-refractivity contribution in [2.45, 2.75) is 41.5 Å². The number of rotatable bonds is 3. The van der Waals surface area contributed by atoms with Gasteiger partial charge >= 0.3 is 0 Å². The number of hydrogen-bond donors (Lipinski definition) is 1. The van der Waals surface area contributed by atoms with Crippen molar-refractivity contribution in [3.8, 4) is 22.5 Å². The molecule has 0 aliphatic carbocycles. The number of benzene rings is 3. The molecular weight excluding hydrogens is 765 g/mol. The van der Waals surface area contributed by atoms with Crippen molar-refractivity contribution in [3.63, 3.8) is 0 Å². The molecule has 6 rings (SSSR count). The predicted molar refractivity (Wildman–Crippen MR) is 185 cm³/mol. The Balaban J connectivity index is 0.000000202. The molecule has 0 fully saturated rings. The van der Waals surface area contributed by atoms with Gasteiger partial charge in [0.15, 0.2) is 11.2 Å². The zero-order valence-corrected chi connectivity index (χ0v) is 29.8. The number of ketones is 1. The van der Waals surface area contributed by atoms with E-state index in [1.807, 2.05) is 114 Å². The molecule has 0 atom stereocenters. The number of aliphatic hydroxyl groups is 1. The minimum Gasteiger partial charge on any atom is -0.512 e. The molecule has 47 heavy (non-hydrogen) atoms. The van der Waals surface area contributed by atoms with Gasteiger partial charge in [-0.15, -0.1) is 54.1 Å². The summed E-state index contributed by atoms with van der Waals surface area (Å²) < 4.78 is 5.94. The van der Waals surface area contributed by atoms with Crippen LogP contribution >= 0.6 is 0 Å². The number of nitrogens with zero attached hydrogens (tertiary/aromatic N) is 2. The van der Waals surface area contributed by atoms with E-state index in [1.165, 1.54) is 6.08 Å². The van der Waals surface area contributed by atoms with Crippen molar-refractivity contribution in [2.24, 2.45) is 10.8 Å². The third kappa shape index (κ3) is 9.89. The summed E-state index contributed by atoms with van der Waals surface area (Å²) in [5.41, 5.74) is 3.76. The van der Waals surface area contributed by atoms with Crippen LogP contribution in [0.4, 0.5) is 0 Å². The normalized spacial score (nSPS) is 11.4. The van der Waals surface area contributed by atoms with Crippen molar-refractivity contribution in [1.29, 1.82) is 0 Å². The van der Waals surface area contributed by atoms with Gasteiger partial charge in [-0.2, -0.15) is 0 Å². The van der Waals surface area contributed by atoms with Crippen LogP contribution in [-0.4, -0.2) is 20.9 Å². The maximum absolute atomic E-state index is 12.6. The Morgan fingerprint density at radius 2 is 1.34 bits per heavy atom. The number of allylic oxidation sites excluding steroid dienone is 2. The molecule has 0 saturated carbocycles. The number of fused-ring (bicyclic) bond motifs is 2. The van der Waals surface area contributed by atoms with Crippen molar-refractivity contribution in [3.05, 3.63) is 144 Å². The van der Waals surface area contributed by atoms with Gasteiger partial charge in [0.05, 0.1) is 11.0 Å². The molecule has 3 heterocycles. The Kier molecular flexibility index (Phi) is 12.7. The Morgan fingerprint density at radius 3 is 1.91 bits per heavy atom. The molecule has 0 aliphatic heterocycles. The van der Waals surface area contributed by atoms with E-state index in [0.717, 1.165) is 17.0 Å². The van der Waals surface area contributed by atoms with Crippen molar-refractivity contribution in [1.82, 2.24) is 9.97 Å². The number of para-hydroxylation sites is 1. The van der Waals surface area contributed by atoms with E-state index in [1.54, 1.807) is 36.7 Å². The van der Waals surface area contributed by atoms with E-state index in [-0.39, 0.29) is 42.5 Å². The van der Waals surface area contributed by atoms with Crippen LogP contribution in [-0.2, 0) is 24.9 Å². The van der Waals surface area contributed by atoms with E-state index >= 15 is 0 Å². The molecule has 0 amide bonds. The molecule has 0 aliphatic rings. The summed E-state index contributed by atoms with van der Waals surface area (Å²) in [5.74, 6) is 0.104. The SMILES string of the molecule is CC(C)(C)C(=O)/C=C(\O)C(C)(C)C.O=c1c2ccccc2oc2c(-c3ccccn3)[c-]ccc12.[Ir].[c-]1ccccc1-c1ccccn1. The zero-order chi connectivity index (χ0) is 33.3. The third-order valence-electron chi connectivity index (χ3n) is 6.88. The molecular formula is C40H38IrN2O4-2. The topological polar surface area (TPSA) is 93.3 Å². The minimum absolute atomic E-state index is 0. The first-order valence-corrected chi connectivity index (χ1v) is 15.0. The molecule has 0 unspecified atom stereocenters. The molecule has 6 nitrogen and oxygen atoms in total. The maximum atomic E-state index is 12.6. The van der Waals surface area contributed by atoms with Crippen LogP contribution in [0.25, 0.3) is 44.5 Å². The third-order valence-corrected chi connectivity index (χ3v) is 6.88. The number of aliphatic hydroxyl groups excluding tert-OH is 1.